The molecule has 2 rings (SSSR count). The maximum Gasteiger partial charge on any atom is 0.233 e. The van der Waals surface area contributed by atoms with Crippen molar-refractivity contribution in [2.75, 3.05) is 33.2 Å². The number of carbonyl (C=O) groups is 1. The van der Waals surface area contributed by atoms with E-state index in [1.807, 2.05) is 0 Å². The summed E-state index contributed by atoms with van der Waals surface area (Å²) >= 11 is 0. The summed E-state index contributed by atoms with van der Waals surface area (Å²) in [6, 6.07) is 0.604. The zero-order chi connectivity index (χ0) is 13.9. The van der Waals surface area contributed by atoms with Gasteiger partial charge in [-0.25, -0.2) is 0 Å². The van der Waals surface area contributed by atoms with E-state index < -0.39 is 0 Å². The van der Waals surface area contributed by atoms with Crippen LogP contribution in [-0.4, -0.2) is 50.1 Å². The first-order chi connectivity index (χ1) is 8.97. The van der Waals surface area contributed by atoms with Gasteiger partial charge in [-0.1, -0.05) is 13.8 Å². The lowest BCUT2D eigenvalue weighted by Crippen LogP contribution is -2.45. The third-order valence-corrected chi connectivity index (χ3v) is 4.69. The molecule has 1 amide bonds. The molecule has 2 aliphatic rings. The fourth-order valence-corrected chi connectivity index (χ4v) is 2.85. The highest BCUT2D eigenvalue weighted by Crippen LogP contribution is 2.34. The highest BCUT2D eigenvalue weighted by atomic mass is 16.1. The molecule has 1 saturated carbocycles. The predicted octanol–water partition coefficient (Wildman–Crippen LogP) is 1.22. The highest BCUT2D eigenvalue weighted by molar-refractivity contribution is 5.78. The summed E-state index contributed by atoms with van der Waals surface area (Å²) in [5.41, 5.74) is 0.205. The molecule has 110 valence electrons. The molecular weight excluding hydrogens is 238 g/mol. The van der Waals surface area contributed by atoms with Gasteiger partial charge in [0.05, 0.1) is 6.54 Å². The van der Waals surface area contributed by atoms with Gasteiger partial charge in [0, 0.05) is 12.6 Å². The number of carbonyl (C=O) groups excluding carboxylic acids is 1. The summed E-state index contributed by atoms with van der Waals surface area (Å²) in [7, 11) is 2.19. The maximum atomic E-state index is 11.8. The number of hydrogen-bond donors (Lipinski definition) is 2. The molecule has 19 heavy (non-hydrogen) atoms. The van der Waals surface area contributed by atoms with Crippen molar-refractivity contribution in [3.8, 4) is 0 Å². The summed E-state index contributed by atoms with van der Waals surface area (Å²) in [6.07, 6.45) is 4.96. The third-order valence-electron chi connectivity index (χ3n) is 4.69. The highest BCUT2D eigenvalue weighted by Gasteiger charge is 2.32. The summed E-state index contributed by atoms with van der Waals surface area (Å²) in [6.45, 7) is 8.23. The molecule has 0 aromatic rings. The van der Waals surface area contributed by atoms with Gasteiger partial charge < -0.3 is 15.5 Å². The Hall–Kier alpha value is -0.610. The second-order valence-corrected chi connectivity index (χ2v) is 7.00. The molecule has 2 fully saturated rings. The van der Waals surface area contributed by atoms with Crippen LogP contribution in [0.1, 0.15) is 39.5 Å². The van der Waals surface area contributed by atoms with E-state index in [1.54, 1.807) is 0 Å². The van der Waals surface area contributed by atoms with Gasteiger partial charge >= 0.3 is 0 Å². The van der Waals surface area contributed by atoms with E-state index in [1.165, 1.54) is 38.8 Å². The van der Waals surface area contributed by atoms with Gasteiger partial charge in [0.15, 0.2) is 0 Å². The van der Waals surface area contributed by atoms with Crippen LogP contribution < -0.4 is 10.6 Å². The summed E-state index contributed by atoms with van der Waals surface area (Å²) in [4.78, 5) is 14.2. The molecule has 0 aromatic carbocycles. The normalized spacial score (nSPS) is 22.5. The van der Waals surface area contributed by atoms with Gasteiger partial charge in [-0.05, 0) is 57.2 Å². The first-order valence-corrected chi connectivity index (χ1v) is 7.66. The van der Waals surface area contributed by atoms with Crippen LogP contribution in [-0.2, 0) is 4.79 Å². The quantitative estimate of drug-likeness (QED) is 0.760. The van der Waals surface area contributed by atoms with E-state index >= 15 is 0 Å². The van der Waals surface area contributed by atoms with Crippen LogP contribution in [0.25, 0.3) is 0 Å². The predicted molar refractivity (Wildman–Crippen MR) is 78.0 cm³/mol. The molecule has 0 spiro atoms. The zero-order valence-electron chi connectivity index (χ0n) is 12.7. The van der Waals surface area contributed by atoms with Gasteiger partial charge in [0.1, 0.15) is 0 Å². The van der Waals surface area contributed by atoms with Crippen LogP contribution in [0.3, 0.4) is 0 Å². The topological polar surface area (TPSA) is 44.4 Å². The van der Waals surface area contributed by atoms with Crippen molar-refractivity contribution < 1.29 is 4.79 Å². The van der Waals surface area contributed by atoms with E-state index in [2.05, 4.69) is 36.4 Å². The molecule has 2 N–H and O–H groups in total. The lowest BCUT2D eigenvalue weighted by Gasteiger charge is -2.39. The van der Waals surface area contributed by atoms with Crippen molar-refractivity contribution in [2.24, 2.45) is 11.3 Å². The molecular formula is C15H29N3O. The van der Waals surface area contributed by atoms with Crippen LogP contribution in [0, 0.1) is 11.3 Å². The second-order valence-electron chi connectivity index (χ2n) is 7.00. The monoisotopic (exact) mass is 267 g/mol. The molecule has 1 heterocycles. The Morgan fingerprint density at radius 1 is 1.21 bits per heavy atom. The standard InChI is InChI=1S/C15H29N3O/c1-15(2,12-6-8-18(3)9-7-12)11-17-14(19)10-16-13-4-5-13/h12-13,16H,4-11H2,1-3H3,(H,17,19). The minimum absolute atomic E-state index is 0.146. The number of nitrogens with one attached hydrogen (secondary N) is 2. The van der Waals surface area contributed by atoms with Gasteiger partial charge in [0.2, 0.25) is 5.91 Å². The molecule has 0 bridgehead atoms. The zero-order valence-corrected chi connectivity index (χ0v) is 12.7. The molecule has 1 aliphatic carbocycles. The Morgan fingerprint density at radius 2 is 1.84 bits per heavy atom. The largest absolute Gasteiger partial charge is 0.354 e. The fraction of sp³-hybridized carbons (Fsp3) is 0.933. The van der Waals surface area contributed by atoms with Crippen molar-refractivity contribution in [2.45, 2.75) is 45.6 Å². The Morgan fingerprint density at radius 3 is 2.42 bits per heavy atom. The Kier molecular flexibility index (Phi) is 4.85. The van der Waals surface area contributed by atoms with Crippen LogP contribution >= 0.6 is 0 Å². The average molecular weight is 267 g/mol. The van der Waals surface area contributed by atoms with Crippen LogP contribution in [0.5, 0.6) is 0 Å². The van der Waals surface area contributed by atoms with Crippen LogP contribution in [0.2, 0.25) is 0 Å². The molecule has 1 aliphatic heterocycles. The van der Waals surface area contributed by atoms with E-state index in [9.17, 15) is 4.79 Å². The van der Waals surface area contributed by atoms with Gasteiger partial charge in [-0.15, -0.1) is 0 Å². The molecule has 1 saturated heterocycles. The first kappa shape index (κ1) is 14.8. The van der Waals surface area contributed by atoms with Crippen LogP contribution in [0.15, 0.2) is 0 Å². The maximum absolute atomic E-state index is 11.8. The molecule has 4 nitrogen and oxygen atoms in total. The molecule has 4 heteroatoms. The number of nitrogens with zero attached hydrogens (tertiary/aromatic N) is 1. The second kappa shape index (κ2) is 6.23. The van der Waals surface area contributed by atoms with E-state index in [0.717, 1.165) is 12.5 Å². The number of hydrogen-bond acceptors (Lipinski definition) is 3. The number of amides is 1. The third kappa shape index (κ3) is 4.77. The van der Waals surface area contributed by atoms with Gasteiger partial charge in [-0.3, -0.25) is 4.79 Å². The molecule has 0 aromatic heterocycles. The Bertz CT molecular complexity index is 305. The van der Waals surface area contributed by atoms with Crippen molar-refractivity contribution in [3.05, 3.63) is 0 Å². The average Bonchev–Trinajstić information content (AvgIpc) is 3.18. The van der Waals surface area contributed by atoms with Crippen molar-refractivity contribution >= 4 is 5.91 Å². The van der Waals surface area contributed by atoms with E-state index in [0.29, 0.717) is 12.6 Å². The molecule has 0 unspecified atom stereocenters. The van der Waals surface area contributed by atoms with Gasteiger partial charge in [-0.2, -0.15) is 0 Å². The lowest BCUT2D eigenvalue weighted by molar-refractivity contribution is -0.120. The molecule has 0 atom stereocenters. The van der Waals surface area contributed by atoms with Crippen molar-refractivity contribution in [1.82, 2.24) is 15.5 Å². The SMILES string of the molecule is CN1CCC(C(C)(C)CNC(=O)CNC2CC2)CC1. The first-order valence-electron chi connectivity index (χ1n) is 7.66. The number of likely N-dealkylation sites (tertiary alicyclic amines) is 1. The number of rotatable bonds is 6. The van der Waals surface area contributed by atoms with Crippen molar-refractivity contribution in [1.29, 1.82) is 0 Å². The smallest absolute Gasteiger partial charge is 0.233 e. The Balaban J connectivity index is 1.68. The number of piperidine rings is 1. The van der Waals surface area contributed by atoms with Gasteiger partial charge in [0.25, 0.3) is 0 Å². The van der Waals surface area contributed by atoms with E-state index in [4.69, 9.17) is 0 Å². The summed E-state index contributed by atoms with van der Waals surface area (Å²) in [5, 5.41) is 6.36. The summed E-state index contributed by atoms with van der Waals surface area (Å²) < 4.78 is 0. The lowest BCUT2D eigenvalue weighted by atomic mass is 9.73. The van der Waals surface area contributed by atoms with Crippen molar-refractivity contribution in [3.63, 3.8) is 0 Å². The minimum Gasteiger partial charge on any atom is -0.354 e. The van der Waals surface area contributed by atoms with Crippen LogP contribution in [0.4, 0.5) is 0 Å². The fourth-order valence-electron chi connectivity index (χ4n) is 2.85. The molecule has 0 radical (unpaired) electrons. The van der Waals surface area contributed by atoms with E-state index in [-0.39, 0.29) is 11.3 Å². The Labute approximate surface area is 117 Å². The minimum atomic E-state index is 0.146. The summed E-state index contributed by atoms with van der Waals surface area (Å²) in [5.74, 6) is 0.869.